The largest absolute Gasteiger partial charge is 0.493 e. The van der Waals surface area contributed by atoms with Gasteiger partial charge in [0.05, 0.1) is 31.4 Å². The van der Waals surface area contributed by atoms with Crippen molar-refractivity contribution in [3.8, 4) is 11.5 Å². The minimum Gasteiger partial charge on any atom is -0.493 e. The predicted octanol–water partition coefficient (Wildman–Crippen LogP) is 3.14. The molecule has 1 amide bonds. The molecule has 0 radical (unpaired) electrons. The Morgan fingerprint density at radius 1 is 1.32 bits per heavy atom. The zero-order chi connectivity index (χ0) is 22.7. The van der Waals surface area contributed by atoms with Crippen molar-refractivity contribution >= 4 is 58.4 Å². The lowest BCUT2D eigenvalue weighted by Gasteiger charge is -2.13. The summed E-state index contributed by atoms with van der Waals surface area (Å²) < 4.78 is 15.3. The molecule has 2 aromatic rings. The summed E-state index contributed by atoms with van der Waals surface area (Å²) in [7, 11) is 2.67. The first-order valence-corrected chi connectivity index (χ1v) is 9.53. The molecule has 1 aliphatic rings. The number of methoxy groups -OCH3 is 2. The number of amides is 1. The van der Waals surface area contributed by atoms with Crippen LogP contribution < -0.4 is 9.47 Å². The lowest BCUT2D eigenvalue weighted by Crippen LogP contribution is -2.22. The number of furan rings is 1. The van der Waals surface area contributed by atoms with Crippen LogP contribution in [0.15, 0.2) is 38.7 Å². The molecule has 1 aromatic heterocycles. The van der Waals surface area contributed by atoms with Crippen LogP contribution in [0.3, 0.4) is 0 Å². The summed E-state index contributed by atoms with van der Waals surface area (Å²) in [5.74, 6) is -2.01. The van der Waals surface area contributed by atoms with E-state index in [1.807, 2.05) is 0 Å². The highest BCUT2D eigenvalue weighted by molar-refractivity contribution is 8.26. The Kier molecular flexibility index (Phi) is 6.36. The van der Waals surface area contributed by atoms with Crippen molar-refractivity contribution in [1.82, 2.24) is 5.01 Å². The number of nitrogens with zero attached hydrogens (tertiary/aromatic N) is 3. The minimum atomic E-state index is -1.28. The van der Waals surface area contributed by atoms with E-state index in [2.05, 4.69) is 5.10 Å². The molecule has 0 unspecified atom stereocenters. The van der Waals surface area contributed by atoms with Crippen LogP contribution in [-0.4, -0.2) is 51.7 Å². The number of hydrazone groups is 1. The summed E-state index contributed by atoms with van der Waals surface area (Å²) in [6.07, 6.45) is 2.47. The van der Waals surface area contributed by atoms with Gasteiger partial charge in [-0.05, 0) is 30.4 Å². The highest BCUT2D eigenvalue weighted by Gasteiger charge is 2.33. The van der Waals surface area contributed by atoms with Crippen molar-refractivity contribution < 1.29 is 33.5 Å². The van der Waals surface area contributed by atoms with E-state index in [1.54, 1.807) is 0 Å². The van der Waals surface area contributed by atoms with Gasteiger partial charge in [0.1, 0.15) is 16.2 Å². The van der Waals surface area contributed by atoms with Crippen molar-refractivity contribution in [3.05, 3.63) is 56.2 Å². The molecule has 2 heterocycles. The average Bonchev–Trinajstić information content (AvgIpc) is 3.30. The average molecular weight is 463 g/mol. The number of carboxylic acids is 1. The predicted molar refractivity (Wildman–Crippen MR) is 114 cm³/mol. The number of hydrogen-bond acceptors (Lipinski definition) is 10. The van der Waals surface area contributed by atoms with Crippen LogP contribution in [0.25, 0.3) is 6.08 Å². The molecule has 1 aliphatic heterocycles. The molecule has 31 heavy (non-hydrogen) atoms. The number of hydrogen-bond donors (Lipinski definition) is 1. The molecule has 160 valence electrons. The molecule has 0 atom stereocenters. The first-order chi connectivity index (χ1) is 14.8. The zero-order valence-electron chi connectivity index (χ0n) is 15.9. The minimum absolute atomic E-state index is 0.00338. The van der Waals surface area contributed by atoms with Gasteiger partial charge in [-0.15, -0.1) is 0 Å². The second-order valence-corrected chi connectivity index (χ2v) is 7.42. The third-order valence-electron chi connectivity index (χ3n) is 3.94. The second kappa shape index (κ2) is 8.97. The van der Waals surface area contributed by atoms with Crippen molar-refractivity contribution in [2.45, 2.75) is 0 Å². The van der Waals surface area contributed by atoms with Gasteiger partial charge in [-0.2, -0.15) is 10.1 Å². The van der Waals surface area contributed by atoms with Gasteiger partial charge in [0.25, 0.3) is 5.91 Å². The molecule has 0 saturated carbocycles. The number of carboxylic acid groups (broad SMARTS) is 1. The first-order valence-electron chi connectivity index (χ1n) is 8.31. The fraction of sp³-hybridized carbons (Fsp3) is 0.111. The van der Waals surface area contributed by atoms with Crippen molar-refractivity contribution in [3.63, 3.8) is 0 Å². The van der Waals surface area contributed by atoms with E-state index >= 15 is 0 Å². The molecular weight excluding hydrogens is 450 g/mol. The lowest BCUT2D eigenvalue weighted by molar-refractivity contribution is -0.402. The van der Waals surface area contributed by atoms with Crippen LogP contribution in [0.1, 0.15) is 21.7 Å². The quantitative estimate of drug-likeness (QED) is 0.214. The maximum Gasteiger partial charge on any atom is 0.433 e. The molecule has 0 aliphatic carbocycles. The number of thioether (sulfide) groups is 1. The van der Waals surface area contributed by atoms with Crippen LogP contribution in [-0.2, 0) is 4.79 Å². The molecule has 3 rings (SSSR count). The summed E-state index contributed by atoms with van der Waals surface area (Å²) in [6, 6.07) is 5.45. The molecule has 13 heteroatoms. The Hall–Kier alpha value is -3.71. The highest BCUT2D eigenvalue weighted by atomic mass is 32.2. The van der Waals surface area contributed by atoms with E-state index in [1.165, 1.54) is 38.5 Å². The van der Waals surface area contributed by atoms with Crippen LogP contribution in [0.5, 0.6) is 11.5 Å². The van der Waals surface area contributed by atoms with Gasteiger partial charge in [0.2, 0.25) is 0 Å². The molecule has 1 fully saturated rings. The highest BCUT2D eigenvalue weighted by Crippen LogP contribution is 2.35. The second-order valence-electron chi connectivity index (χ2n) is 5.74. The van der Waals surface area contributed by atoms with Crippen LogP contribution in [0.4, 0.5) is 5.88 Å². The first kappa shape index (κ1) is 22.0. The van der Waals surface area contributed by atoms with Crippen LogP contribution in [0.2, 0.25) is 0 Å². The van der Waals surface area contributed by atoms with E-state index in [-0.39, 0.29) is 37.6 Å². The molecule has 1 aromatic carbocycles. The van der Waals surface area contributed by atoms with E-state index in [4.69, 9.17) is 26.1 Å². The molecular formula is C18H13N3O8S2. The standard InChI is InChI=1S/C18H13N3O8S2/c1-27-11-5-3-9(14(17(23)24)15(11)28-2)8-19-20-16(22)12(31-18(20)30)7-10-4-6-13(29-10)21(25)26/h3-8H,1-2H3,(H,23,24)/b12-7+,19-8+. The fourth-order valence-electron chi connectivity index (χ4n) is 2.60. The zero-order valence-corrected chi connectivity index (χ0v) is 17.6. The summed E-state index contributed by atoms with van der Waals surface area (Å²) >= 11 is 6.08. The normalized spacial score (nSPS) is 15.2. The summed E-state index contributed by atoms with van der Waals surface area (Å²) in [5, 5.41) is 25.2. The number of rotatable bonds is 7. The summed E-state index contributed by atoms with van der Waals surface area (Å²) in [4.78, 5) is 34.5. The Morgan fingerprint density at radius 2 is 2.06 bits per heavy atom. The van der Waals surface area contributed by atoms with Gasteiger partial charge < -0.3 is 19.0 Å². The van der Waals surface area contributed by atoms with Gasteiger partial charge in [0, 0.05) is 11.6 Å². The Labute approximate surface area is 184 Å². The van der Waals surface area contributed by atoms with Gasteiger partial charge >= 0.3 is 11.9 Å². The number of benzene rings is 1. The third-order valence-corrected chi connectivity index (χ3v) is 5.23. The Bertz CT molecular complexity index is 1150. The molecule has 11 nitrogen and oxygen atoms in total. The Morgan fingerprint density at radius 3 is 2.65 bits per heavy atom. The van der Waals surface area contributed by atoms with Gasteiger partial charge in [-0.1, -0.05) is 11.8 Å². The number of ether oxygens (including phenoxy) is 2. The lowest BCUT2D eigenvalue weighted by atomic mass is 10.1. The van der Waals surface area contributed by atoms with E-state index < -0.39 is 22.7 Å². The number of nitro groups is 1. The maximum atomic E-state index is 12.6. The monoisotopic (exact) mass is 463 g/mol. The maximum absolute atomic E-state index is 12.6. The summed E-state index contributed by atoms with van der Waals surface area (Å²) in [6.45, 7) is 0. The van der Waals surface area contributed by atoms with Gasteiger partial charge in [0.15, 0.2) is 15.8 Å². The molecule has 1 saturated heterocycles. The Balaban J connectivity index is 1.90. The van der Waals surface area contributed by atoms with Gasteiger partial charge in [-0.3, -0.25) is 14.9 Å². The number of carbonyl (C=O) groups excluding carboxylic acids is 1. The molecule has 0 spiro atoms. The van der Waals surface area contributed by atoms with Crippen molar-refractivity contribution in [2.75, 3.05) is 14.2 Å². The number of carbonyl (C=O) groups is 2. The topological polar surface area (TPSA) is 145 Å². The van der Waals surface area contributed by atoms with E-state index in [0.29, 0.717) is 0 Å². The van der Waals surface area contributed by atoms with Crippen molar-refractivity contribution in [2.24, 2.45) is 5.10 Å². The fourth-order valence-corrected chi connectivity index (χ4v) is 3.75. The number of thiocarbonyl (C=S) groups is 1. The van der Waals surface area contributed by atoms with Gasteiger partial charge in [-0.25, -0.2) is 4.79 Å². The van der Waals surface area contributed by atoms with Crippen LogP contribution >= 0.6 is 24.0 Å². The van der Waals surface area contributed by atoms with Crippen molar-refractivity contribution in [1.29, 1.82) is 0 Å². The molecule has 0 bridgehead atoms. The summed E-state index contributed by atoms with van der Waals surface area (Å²) in [5.41, 5.74) is -0.0423. The van der Waals surface area contributed by atoms with Crippen LogP contribution in [0, 0.1) is 10.1 Å². The third kappa shape index (κ3) is 4.41. The smallest absolute Gasteiger partial charge is 0.433 e. The van der Waals surface area contributed by atoms with E-state index in [9.17, 15) is 24.8 Å². The number of aromatic carboxylic acids is 1. The SMILES string of the molecule is COc1ccc(/C=N/N2C(=O)/C(=C\c3ccc([N+](=O)[O-])o3)SC2=S)c(C(=O)O)c1OC. The van der Waals surface area contributed by atoms with E-state index in [0.717, 1.165) is 29.1 Å². The molecule has 1 N–H and O–H groups in total.